The molecule has 2 heterocycles. The quantitative estimate of drug-likeness (QED) is 0.941. The normalized spacial score (nSPS) is 13.0. The summed E-state index contributed by atoms with van der Waals surface area (Å²) in [5.41, 5.74) is 5.81. The van der Waals surface area contributed by atoms with Crippen molar-refractivity contribution in [2.24, 2.45) is 12.8 Å². The zero-order valence-electron chi connectivity index (χ0n) is 8.35. The number of aromatic nitrogens is 2. The number of hydrogen-bond acceptors (Lipinski definition) is 3. The van der Waals surface area contributed by atoms with E-state index in [0.29, 0.717) is 6.54 Å². The maximum Gasteiger partial charge on any atom is 0.118 e. The molecule has 0 aliphatic carbocycles. The molecule has 0 aromatic carbocycles. The first-order chi connectivity index (χ1) is 7.22. The van der Waals surface area contributed by atoms with Gasteiger partial charge in [-0.05, 0) is 28.1 Å². The van der Waals surface area contributed by atoms with E-state index in [1.807, 2.05) is 23.9 Å². The molecular weight excluding hydrogens is 274 g/mol. The highest BCUT2D eigenvalue weighted by molar-refractivity contribution is 9.11. The number of thiophene rings is 1. The average molecular weight is 286 g/mol. The van der Waals surface area contributed by atoms with Crippen LogP contribution in [0.25, 0.3) is 0 Å². The third-order valence-corrected chi connectivity index (χ3v) is 4.08. The molecule has 0 spiro atoms. The van der Waals surface area contributed by atoms with Gasteiger partial charge < -0.3 is 10.3 Å². The van der Waals surface area contributed by atoms with Gasteiger partial charge in [0.05, 0.1) is 9.70 Å². The van der Waals surface area contributed by atoms with Gasteiger partial charge in [-0.15, -0.1) is 11.3 Å². The Morgan fingerprint density at radius 1 is 1.60 bits per heavy atom. The maximum atomic E-state index is 5.81. The van der Waals surface area contributed by atoms with E-state index in [-0.39, 0.29) is 5.92 Å². The lowest BCUT2D eigenvalue weighted by atomic mass is 10.1. The number of halogens is 1. The zero-order valence-corrected chi connectivity index (χ0v) is 10.8. The minimum Gasteiger partial charge on any atom is -0.337 e. The second kappa shape index (κ2) is 4.47. The molecule has 1 atom stereocenters. The van der Waals surface area contributed by atoms with Crippen LogP contribution >= 0.6 is 27.3 Å². The molecule has 2 N–H and O–H groups in total. The van der Waals surface area contributed by atoms with E-state index in [2.05, 4.69) is 27.0 Å². The Morgan fingerprint density at radius 3 is 2.87 bits per heavy atom. The van der Waals surface area contributed by atoms with Crippen LogP contribution in [-0.2, 0) is 7.05 Å². The Kier molecular flexibility index (Phi) is 3.23. The van der Waals surface area contributed by atoms with Crippen molar-refractivity contribution in [2.75, 3.05) is 6.54 Å². The predicted molar refractivity (Wildman–Crippen MR) is 66.1 cm³/mol. The molecule has 0 aliphatic rings. The second-order valence-corrected chi connectivity index (χ2v) is 5.82. The number of aryl methyl sites for hydroxylation is 1. The van der Waals surface area contributed by atoms with E-state index in [1.54, 1.807) is 17.5 Å². The number of nitrogens with zero attached hydrogens (tertiary/aromatic N) is 2. The summed E-state index contributed by atoms with van der Waals surface area (Å²) in [5, 5.41) is 0. The van der Waals surface area contributed by atoms with E-state index in [0.717, 1.165) is 9.61 Å². The first-order valence-corrected chi connectivity index (χ1v) is 6.26. The summed E-state index contributed by atoms with van der Waals surface area (Å²) in [6.45, 7) is 0.581. The monoisotopic (exact) mass is 285 g/mol. The Labute approximate surface area is 101 Å². The molecule has 2 rings (SSSR count). The van der Waals surface area contributed by atoms with E-state index >= 15 is 0 Å². The lowest BCUT2D eigenvalue weighted by Gasteiger charge is -2.12. The summed E-state index contributed by atoms with van der Waals surface area (Å²) in [5.74, 6) is 1.22. The Balaban J connectivity index is 2.36. The van der Waals surface area contributed by atoms with Crippen molar-refractivity contribution in [3.63, 3.8) is 0 Å². The topological polar surface area (TPSA) is 43.8 Å². The largest absolute Gasteiger partial charge is 0.337 e. The fourth-order valence-corrected chi connectivity index (χ4v) is 3.11. The lowest BCUT2D eigenvalue weighted by molar-refractivity contribution is 0.707. The Bertz CT molecular complexity index is 449. The third-order valence-electron chi connectivity index (χ3n) is 2.34. The average Bonchev–Trinajstić information content (AvgIpc) is 2.79. The summed E-state index contributed by atoms with van der Waals surface area (Å²) < 4.78 is 3.15. The van der Waals surface area contributed by atoms with Gasteiger partial charge in [-0.2, -0.15) is 0 Å². The standard InChI is InChI=1S/C10H12BrN3S/c1-14-5-4-13-10(14)7(6-12)8-2-3-9(11)15-8/h2-5,7H,6,12H2,1H3. The molecule has 0 bridgehead atoms. The molecule has 2 aromatic rings. The molecule has 1 unspecified atom stereocenters. The van der Waals surface area contributed by atoms with Gasteiger partial charge in [-0.1, -0.05) is 0 Å². The van der Waals surface area contributed by atoms with Gasteiger partial charge in [-0.3, -0.25) is 0 Å². The van der Waals surface area contributed by atoms with Crippen LogP contribution in [0.15, 0.2) is 28.3 Å². The van der Waals surface area contributed by atoms with Crippen molar-refractivity contribution in [3.8, 4) is 0 Å². The van der Waals surface area contributed by atoms with Crippen molar-refractivity contribution in [1.29, 1.82) is 0 Å². The van der Waals surface area contributed by atoms with Crippen LogP contribution in [0.3, 0.4) is 0 Å². The third kappa shape index (κ3) is 2.14. The van der Waals surface area contributed by atoms with Crippen LogP contribution in [0.5, 0.6) is 0 Å². The van der Waals surface area contributed by atoms with Gasteiger partial charge in [0.2, 0.25) is 0 Å². The summed E-state index contributed by atoms with van der Waals surface area (Å²) in [6.07, 6.45) is 3.75. The number of rotatable bonds is 3. The Morgan fingerprint density at radius 2 is 2.40 bits per heavy atom. The highest BCUT2D eigenvalue weighted by Crippen LogP contribution is 2.31. The number of imidazole rings is 1. The molecule has 80 valence electrons. The molecule has 15 heavy (non-hydrogen) atoms. The van der Waals surface area contributed by atoms with Crippen LogP contribution in [0.4, 0.5) is 0 Å². The molecule has 0 aliphatic heterocycles. The van der Waals surface area contributed by atoms with Crippen molar-refractivity contribution in [2.45, 2.75) is 5.92 Å². The molecule has 0 amide bonds. The van der Waals surface area contributed by atoms with Gasteiger partial charge >= 0.3 is 0 Å². The maximum absolute atomic E-state index is 5.81. The molecule has 0 saturated carbocycles. The van der Waals surface area contributed by atoms with Crippen LogP contribution in [-0.4, -0.2) is 16.1 Å². The first kappa shape index (κ1) is 10.9. The van der Waals surface area contributed by atoms with Gasteiger partial charge in [-0.25, -0.2) is 4.98 Å². The number of hydrogen-bond donors (Lipinski definition) is 1. The molecule has 0 radical (unpaired) electrons. The zero-order chi connectivity index (χ0) is 10.8. The molecule has 3 nitrogen and oxygen atoms in total. The van der Waals surface area contributed by atoms with Crippen LogP contribution in [0.2, 0.25) is 0 Å². The van der Waals surface area contributed by atoms with Gasteiger partial charge in [0.1, 0.15) is 5.82 Å². The highest BCUT2D eigenvalue weighted by atomic mass is 79.9. The second-order valence-electron chi connectivity index (χ2n) is 3.33. The smallest absolute Gasteiger partial charge is 0.118 e. The van der Waals surface area contributed by atoms with Crippen LogP contribution < -0.4 is 5.73 Å². The molecule has 5 heteroatoms. The summed E-state index contributed by atoms with van der Waals surface area (Å²) >= 11 is 5.17. The minimum atomic E-state index is 0.196. The van der Waals surface area contributed by atoms with Crippen molar-refractivity contribution >= 4 is 27.3 Å². The lowest BCUT2D eigenvalue weighted by Crippen LogP contribution is -2.16. The van der Waals surface area contributed by atoms with Crippen LogP contribution in [0, 0.1) is 0 Å². The van der Waals surface area contributed by atoms with E-state index in [9.17, 15) is 0 Å². The van der Waals surface area contributed by atoms with E-state index in [1.165, 1.54) is 4.88 Å². The SMILES string of the molecule is Cn1ccnc1C(CN)c1ccc(Br)s1. The highest BCUT2D eigenvalue weighted by Gasteiger charge is 2.18. The van der Waals surface area contributed by atoms with E-state index < -0.39 is 0 Å². The molecular formula is C10H12BrN3S. The van der Waals surface area contributed by atoms with Gasteiger partial charge in [0.25, 0.3) is 0 Å². The van der Waals surface area contributed by atoms with E-state index in [4.69, 9.17) is 5.73 Å². The van der Waals surface area contributed by atoms with Crippen LogP contribution in [0.1, 0.15) is 16.6 Å². The molecule has 2 aromatic heterocycles. The fourth-order valence-electron chi connectivity index (χ4n) is 1.58. The molecule has 0 fully saturated rings. The van der Waals surface area contributed by atoms with Gasteiger partial charge in [0, 0.05) is 30.9 Å². The van der Waals surface area contributed by atoms with Crippen molar-refractivity contribution in [1.82, 2.24) is 9.55 Å². The summed E-state index contributed by atoms with van der Waals surface area (Å²) in [7, 11) is 1.99. The summed E-state index contributed by atoms with van der Waals surface area (Å²) in [6, 6.07) is 4.15. The number of nitrogens with two attached hydrogens (primary N) is 1. The molecule has 0 saturated heterocycles. The van der Waals surface area contributed by atoms with Crippen molar-refractivity contribution < 1.29 is 0 Å². The summed E-state index contributed by atoms with van der Waals surface area (Å²) in [4.78, 5) is 5.60. The Hall–Kier alpha value is -0.650. The van der Waals surface area contributed by atoms with Crippen molar-refractivity contribution in [3.05, 3.63) is 39.0 Å². The minimum absolute atomic E-state index is 0.196. The predicted octanol–water partition coefficient (Wildman–Crippen LogP) is 2.33. The fraction of sp³-hybridized carbons (Fsp3) is 0.300. The first-order valence-electron chi connectivity index (χ1n) is 4.65. The van der Waals surface area contributed by atoms with Gasteiger partial charge in [0.15, 0.2) is 0 Å².